The van der Waals surface area contributed by atoms with Crippen LogP contribution in [0.2, 0.25) is 0 Å². The maximum atomic E-state index is 13.7. The number of carbonyl (C=O) groups is 1. The summed E-state index contributed by atoms with van der Waals surface area (Å²) in [4.78, 5) is 26.8. The first kappa shape index (κ1) is 23.1. The number of primary amides is 1. The molecule has 0 aliphatic carbocycles. The van der Waals surface area contributed by atoms with Gasteiger partial charge in [0, 0.05) is 56.0 Å². The second kappa shape index (κ2) is 9.50. The van der Waals surface area contributed by atoms with Gasteiger partial charge in [-0.25, -0.2) is 4.39 Å². The third-order valence-corrected chi connectivity index (χ3v) is 7.13. The molecule has 2 atom stereocenters. The van der Waals surface area contributed by atoms with Crippen molar-refractivity contribution in [1.82, 2.24) is 14.0 Å². The Balaban J connectivity index is 1.39. The fourth-order valence-corrected chi connectivity index (χ4v) is 5.30. The van der Waals surface area contributed by atoms with Crippen LogP contribution in [0.3, 0.4) is 0 Å². The van der Waals surface area contributed by atoms with Crippen LogP contribution in [0.25, 0.3) is 10.9 Å². The molecule has 1 saturated heterocycles. The average Bonchev–Trinajstić information content (AvgIpc) is 3.18. The van der Waals surface area contributed by atoms with Crippen LogP contribution in [0.5, 0.6) is 0 Å². The topological polar surface area (TPSA) is 73.3 Å². The van der Waals surface area contributed by atoms with Crippen molar-refractivity contribution in [2.75, 3.05) is 13.1 Å². The van der Waals surface area contributed by atoms with Gasteiger partial charge in [0.1, 0.15) is 5.82 Å². The van der Waals surface area contributed by atoms with Crippen LogP contribution in [0, 0.1) is 11.7 Å². The number of likely N-dealkylation sites (tertiary alicyclic amines) is 1. The highest BCUT2D eigenvalue weighted by molar-refractivity contribution is 5.84. The Morgan fingerprint density at radius 1 is 1.09 bits per heavy atom. The summed E-state index contributed by atoms with van der Waals surface area (Å²) >= 11 is 0. The second-order valence-corrected chi connectivity index (χ2v) is 9.48. The molecule has 1 aliphatic heterocycles. The molecule has 1 fully saturated rings. The molecular formula is C28H29FN4O2. The van der Waals surface area contributed by atoms with E-state index in [1.165, 1.54) is 10.6 Å². The van der Waals surface area contributed by atoms with E-state index in [0.717, 1.165) is 40.6 Å². The molecule has 35 heavy (non-hydrogen) atoms. The van der Waals surface area contributed by atoms with E-state index in [0.29, 0.717) is 19.6 Å². The normalized spacial score (nSPS) is 18.7. The Bertz CT molecular complexity index is 1440. The predicted molar refractivity (Wildman–Crippen MR) is 134 cm³/mol. The van der Waals surface area contributed by atoms with Gasteiger partial charge in [0.05, 0.1) is 5.92 Å². The van der Waals surface area contributed by atoms with E-state index in [9.17, 15) is 14.0 Å². The van der Waals surface area contributed by atoms with Gasteiger partial charge in [0.2, 0.25) is 5.91 Å². The lowest BCUT2D eigenvalue weighted by Crippen LogP contribution is -2.45. The first-order valence-corrected chi connectivity index (χ1v) is 11.9. The quantitative estimate of drug-likeness (QED) is 0.466. The van der Waals surface area contributed by atoms with E-state index in [1.54, 1.807) is 31.4 Å². The Morgan fingerprint density at radius 2 is 1.91 bits per heavy atom. The van der Waals surface area contributed by atoms with Crippen molar-refractivity contribution in [3.63, 3.8) is 0 Å². The van der Waals surface area contributed by atoms with Crippen LogP contribution in [0.1, 0.15) is 29.0 Å². The zero-order valence-electron chi connectivity index (χ0n) is 19.7. The van der Waals surface area contributed by atoms with Crippen molar-refractivity contribution in [2.24, 2.45) is 18.7 Å². The first-order chi connectivity index (χ1) is 16.9. The average molecular weight is 473 g/mol. The van der Waals surface area contributed by atoms with Crippen LogP contribution >= 0.6 is 0 Å². The number of para-hydroxylation sites is 1. The lowest BCUT2D eigenvalue weighted by Gasteiger charge is -2.37. The zero-order chi connectivity index (χ0) is 24.5. The number of piperidine rings is 1. The third-order valence-electron chi connectivity index (χ3n) is 7.13. The maximum Gasteiger partial charge on any atom is 0.250 e. The predicted octanol–water partition coefficient (Wildman–Crippen LogP) is 3.62. The van der Waals surface area contributed by atoms with Crippen molar-refractivity contribution in [3.8, 4) is 0 Å². The number of hydrogen-bond acceptors (Lipinski definition) is 3. The lowest BCUT2D eigenvalue weighted by atomic mass is 9.80. The Kier molecular flexibility index (Phi) is 6.26. The summed E-state index contributed by atoms with van der Waals surface area (Å²) in [6, 6.07) is 18.4. The number of benzene rings is 2. The van der Waals surface area contributed by atoms with Gasteiger partial charge in [0.25, 0.3) is 5.56 Å². The van der Waals surface area contributed by atoms with Gasteiger partial charge in [-0.3, -0.25) is 14.5 Å². The van der Waals surface area contributed by atoms with Gasteiger partial charge in [-0.05, 0) is 59.8 Å². The number of pyridine rings is 1. The van der Waals surface area contributed by atoms with Gasteiger partial charge in [-0.1, -0.05) is 30.3 Å². The van der Waals surface area contributed by atoms with E-state index < -0.39 is 0 Å². The number of amides is 1. The molecule has 2 unspecified atom stereocenters. The molecule has 0 saturated carbocycles. The molecule has 7 heteroatoms. The standard InChI is InChI=1S/C28H29FN4O2/c1-31-11-9-20(14-27(31)34)23-10-12-32(18-25(23)28(30)35)16-21-17-33(26-8-3-2-7-24(21)26)15-19-5-4-6-22(29)13-19/h2-9,11,13-14,17,23,25H,10,12,15-16,18H2,1H3,(H2,30,35). The zero-order valence-corrected chi connectivity index (χ0v) is 19.7. The van der Waals surface area contributed by atoms with E-state index in [4.69, 9.17) is 5.73 Å². The largest absolute Gasteiger partial charge is 0.369 e. The van der Waals surface area contributed by atoms with Crippen LogP contribution in [0.4, 0.5) is 4.39 Å². The number of rotatable bonds is 6. The van der Waals surface area contributed by atoms with Crippen LogP contribution in [-0.2, 0) is 24.9 Å². The summed E-state index contributed by atoms with van der Waals surface area (Å²) in [6.45, 7) is 2.60. The molecule has 0 radical (unpaired) electrons. The molecule has 6 nitrogen and oxygen atoms in total. The number of fused-ring (bicyclic) bond motifs is 1. The third kappa shape index (κ3) is 4.77. The minimum Gasteiger partial charge on any atom is -0.369 e. The Morgan fingerprint density at radius 3 is 2.69 bits per heavy atom. The highest BCUT2D eigenvalue weighted by Crippen LogP contribution is 2.34. The van der Waals surface area contributed by atoms with Crippen LogP contribution < -0.4 is 11.3 Å². The molecule has 180 valence electrons. The Hall–Kier alpha value is -3.71. The highest BCUT2D eigenvalue weighted by Gasteiger charge is 2.34. The lowest BCUT2D eigenvalue weighted by molar-refractivity contribution is -0.124. The maximum absolute atomic E-state index is 13.7. The molecule has 0 bridgehead atoms. The molecule has 1 aliphatic rings. The number of carbonyl (C=O) groups excluding carboxylic acids is 1. The summed E-state index contributed by atoms with van der Waals surface area (Å²) < 4.78 is 17.4. The number of nitrogens with zero attached hydrogens (tertiary/aromatic N) is 3. The number of hydrogen-bond donors (Lipinski definition) is 1. The van der Waals surface area contributed by atoms with E-state index >= 15 is 0 Å². The number of halogens is 1. The van der Waals surface area contributed by atoms with Gasteiger partial charge in [-0.15, -0.1) is 0 Å². The summed E-state index contributed by atoms with van der Waals surface area (Å²) in [5, 5.41) is 1.15. The molecule has 3 heterocycles. The van der Waals surface area contributed by atoms with E-state index in [1.807, 2.05) is 24.3 Å². The Labute approximate surface area is 203 Å². The smallest absolute Gasteiger partial charge is 0.250 e. The molecule has 2 aromatic heterocycles. The van der Waals surface area contributed by atoms with Crippen molar-refractivity contribution < 1.29 is 9.18 Å². The molecule has 1 amide bonds. The fraction of sp³-hybridized carbons (Fsp3) is 0.286. The fourth-order valence-electron chi connectivity index (χ4n) is 5.30. The first-order valence-electron chi connectivity index (χ1n) is 11.9. The van der Waals surface area contributed by atoms with Gasteiger partial charge >= 0.3 is 0 Å². The second-order valence-electron chi connectivity index (χ2n) is 9.48. The van der Waals surface area contributed by atoms with E-state index in [2.05, 4.69) is 27.8 Å². The van der Waals surface area contributed by atoms with Gasteiger partial charge in [-0.2, -0.15) is 0 Å². The van der Waals surface area contributed by atoms with Crippen LogP contribution in [-0.4, -0.2) is 33.0 Å². The van der Waals surface area contributed by atoms with Crippen LogP contribution in [0.15, 0.2) is 77.9 Å². The summed E-state index contributed by atoms with van der Waals surface area (Å²) in [7, 11) is 1.71. The molecule has 2 N–H and O–H groups in total. The number of aryl methyl sites for hydroxylation is 1. The minimum atomic E-state index is -0.364. The van der Waals surface area contributed by atoms with Crippen molar-refractivity contribution >= 4 is 16.8 Å². The summed E-state index contributed by atoms with van der Waals surface area (Å²) in [5.41, 5.74) is 9.78. The molecule has 2 aromatic carbocycles. The van der Waals surface area contributed by atoms with Crippen molar-refractivity contribution in [1.29, 1.82) is 0 Å². The van der Waals surface area contributed by atoms with Gasteiger partial charge < -0.3 is 14.9 Å². The van der Waals surface area contributed by atoms with Gasteiger partial charge in [0.15, 0.2) is 0 Å². The van der Waals surface area contributed by atoms with Crippen molar-refractivity contribution in [2.45, 2.75) is 25.4 Å². The SMILES string of the molecule is Cn1ccc(C2CCN(Cc3cn(Cc4cccc(F)c4)c4ccccc34)CC2C(N)=O)cc1=O. The van der Waals surface area contributed by atoms with Crippen molar-refractivity contribution in [3.05, 3.63) is 106 Å². The number of nitrogens with two attached hydrogens (primary N) is 1. The minimum absolute atomic E-state index is 0.0630. The monoisotopic (exact) mass is 472 g/mol. The molecule has 0 spiro atoms. The summed E-state index contributed by atoms with van der Waals surface area (Å²) in [6.07, 6.45) is 4.63. The van der Waals surface area contributed by atoms with E-state index in [-0.39, 0.29) is 29.1 Å². The molecule has 5 rings (SSSR count). The molecular weight excluding hydrogens is 443 g/mol. The highest BCUT2D eigenvalue weighted by atomic mass is 19.1. The molecule has 4 aromatic rings. The number of aromatic nitrogens is 2. The summed E-state index contributed by atoms with van der Waals surface area (Å²) in [5.74, 6) is -1.01.